The topological polar surface area (TPSA) is 59.1 Å². The lowest BCUT2D eigenvalue weighted by Gasteiger charge is -2.17. The summed E-state index contributed by atoms with van der Waals surface area (Å²) >= 11 is 0. The molecular weight excluding hydrogens is 240 g/mol. The van der Waals surface area contributed by atoms with Crippen molar-refractivity contribution >= 4 is 11.6 Å². The lowest BCUT2D eigenvalue weighted by atomic mass is 10.2. The summed E-state index contributed by atoms with van der Waals surface area (Å²) in [6.45, 7) is 11.9. The van der Waals surface area contributed by atoms with Gasteiger partial charge in [-0.25, -0.2) is 9.97 Å². The summed E-state index contributed by atoms with van der Waals surface area (Å²) in [4.78, 5) is 9.18. The number of nitrogens with zero attached hydrogens (tertiary/aromatic N) is 2. The summed E-state index contributed by atoms with van der Waals surface area (Å²) < 4.78 is 5.25. The van der Waals surface area contributed by atoms with Crippen LogP contribution in [0.25, 0.3) is 0 Å². The van der Waals surface area contributed by atoms with Crippen molar-refractivity contribution in [3.8, 4) is 0 Å². The third kappa shape index (κ3) is 4.35. The summed E-state index contributed by atoms with van der Waals surface area (Å²) in [5.41, 5.74) is 1.05. The Balaban J connectivity index is 3.00. The first-order chi connectivity index (χ1) is 8.99. The molecule has 0 saturated carbocycles. The zero-order chi connectivity index (χ0) is 14.4. The van der Waals surface area contributed by atoms with Gasteiger partial charge in [-0.3, -0.25) is 0 Å². The van der Waals surface area contributed by atoms with Crippen molar-refractivity contribution in [3.05, 3.63) is 11.4 Å². The molecule has 0 fully saturated rings. The molecule has 1 unspecified atom stereocenters. The van der Waals surface area contributed by atoms with E-state index in [1.165, 1.54) is 0 Å². The van der Waals surface area contributed by atoms with Crippen LogP contribution in [0.4, 0.5) is 11.6 Å². The van der Waals surface area contributed by atoms with Crippen molar-refractivity contribution in [1.29, 1.82) is 0 Å². The summed E-state index contributed by atoms with van der Waals surface area (Å²) in [7, 11) is 1.71. The van der Waals surface area contributed by atoms with Crippen molar-refractivity contribution in [2.45, 2.75) is 46.6 Å². The second kappa shape index (κ2) is 7.28. The van der Waals surface area contributed by atoms with Gasteiger partial charge in [-0.15, -0.1) is 0 Å². The number of methoxy groups -OCH3 is 1. The van der Waals surface area contributed by atoms with Crippen LogP contribution in [0.3, 0.4) is 0 Å². The number of aromatic nitrogens is 2. The van der Waals surface area contributed by atoms with Crippen LogP contribution in [-0.2, 0) is 4.74 Å². The van der Waals surface area contributed by atoms with Crippen LogP contribution >= 0.6 is 0 Å². The molecule has 0 spiro atoms. The highest BCUT2D eigenvalue weighted by molar-refractivity contribution is 5.57. The lowest BCUT2D eigenvalue weighted by molar-refractivity contribution is 0.128. The molecule has 0 amide bonds. The Hall–Kier alpha value is -1.36. The van der Waals surface area contributed by atoms with E-state index in [0.29, 0.717) is 5.92 Å². The molecule has 1 rings (SSSR count). The van der Waals surface area contributed by atoms with Crippen molar-refractivity contribution in [2.75, 3.05) is 30.8 Å². The minimum Gasteiger partial charge on any atom is -0.380 e. The second-order valence-electron chi connectivity index (χ2n) is 5.02. The van der Waals surface area contributed by atoms with Gasteiger partial charge < -0.3 is 15.4 Å². The van der Waals surface area contributed by atoms with Crippen LogP contribution in [0, 0.1) is 6.92 Å². The predicted molar refractivity (Wildman–Crippen MR) is 80.0 cm³/mol. The predicted octanol–water partition coefficient (Wildman–Crippen LogP) is 2.79. The first kappa shape index (κ1) is 15.7. The molecular formula is C14H26N4O. The Morgan fingerprint density at radius 1 is 1.11 bits per heavy atom. The van der Waals surface area contributed by atoms with Crippen molar-refractivity contribution < 1.29 is 4.74 Å². The quantitative estimate of drug-likeness (QED) is 0.794. The first-order valence-electron chi connectivity index (χ1n) is 6.88. The average Bonchev–Trinajstić information content (AvgIpc) is 2.39. The highest BCUT2D eigenvalue weighted by Crippen LogP contribution is 2.23. The Bertz CT molecular complexity index is 407. The van der Waals surface area contributed by atoms with Crippen molar-refractivity contribution in [2.24, 2.45) is 0 Å². The zero-order valence-electron chi connectivity index (χ0n) is 12.9. The smallest absolute Gasteiger partial charge is 0.135 e. The monoisotopic (exact) mass is 266 g/mol. The lowest BCUT2D eigenvalue weighted by Crippen LogP contribution is -2.20. The van der Waals surface area contributed by atoms with Gasteiger partial charge in [0.2, 0.25) is 0 Å². The third-order valence-electron chi connectivity index (χ3n) is 2.98. The van der Waals surface area contributed by atoms with E-state index in [2.05, 4.69) is 41.4 Å². The molecule has 0 aliphatic carbocycles. The SMILES string of the molecule is CCNc1nc(C(C)C)nc(NCC(C)OC)c1C. The van der Waals surface area contributed by atoms with E-state index < -0.39 is 0 Å². The Kier molecular flexibility index (Phi) is 6.02. The van der Waals surface area contributed by atoms with Gasteiger partial charge in [0.05, 0.1) is 6.10 Å². The van der Waals surface area contributed by atoms with Crippen LogP contribution in [0.15, 0.2) is 0 Å². The number of rotatable bonds is 7. The second-order valence-corrected chi connectivity index (χ2v) is 5.02. The van der Waals surface area contributed by atoms with Crippen molar-refractivity contribution in [3.63, 3.8) is 0 Å². The molecule has 1 aromatic rings. The largest absolute Gasteiger partial charge is 0.380 e. The molecule has 1 aromatic heterocycles. The van der Waals surface area contributed by atoms with E-state index in [0.717, 1.165) is 36.1 Å². The van der Waals surface area contributed by atoms with E-state index >= 15 is 0 Å². The molecule has 0 radical (unpaired) electrons. The highest BCUT2D eigenvalue weighted by atomic mass is 16.5. The minimum absolute atomic E-state index is 0.152. The Morgan fingerprint density at radius 2 is 1.68 bits per heavy atom. The fourth-order valence-electron chi connectivity index (χ4n) is 1.63. The van der Waals surface area contributed by atoms with Gasteiger partial charge in [-0.05, 0) is 20.8 Å². The maximum absolute atomic E-state index is 5.25. The van der Waals surface area contributed by atoms with Crippen molar-refractivity contribution in [1.82, 2.24) is 9.97 Å². The fraction of sp³-hybridized carbons (Fsp3) is 0.714. The number of nitrogens with one attached hydrogen (secondary N) is 2. The van der Waals surface area contributed by atoms with E-state index in [-0.39, 0.29) is 6.10 Å². The van der Waals surface area contributed by atoms with Gasteiger partial charge >= 0.3 is 0 Å². The molecule has 0 aliphatic rings. The number of ether oxygens (including phenoxy) is 1. The van der Waals surface area contributed by atoms with Crippen LogP contribution in [0.2, 0.25) is 0 Å². The Labute approximate surface area is 116 Å². The minimum atomic E-state index is 0.152. The molecule has 1 atom stereocenters. The van der Waals surface area contributed by atoms with E-state index in [1.807, 2.05) is 13.8 Å². The summed E-state index contributed by atoms with van der Waals surface area (Å²) in [6.07, 6.45) is 0.152. The van der Waals surface area contributed by atoms with Gasteiger partial charge in [-0.2, -0.15) is 0 Å². The molecule has 5 heteroatoms. The molecule has 0 aliphatic heterocycles. The van der Waals surface area contributed by atoms with Gasteiger partial charge in [-0.1, -0.05) is 13.8 Å². The molecule has 1 heterocycles. The summed E-state index contributed by atoms with van der Waals surface area (Å²) in [5, 5.41) is 6.63. The van der Waals surface area contributed by atoms with Gasteiger partial charge in [0, 0.05) is 31.7 Å². The first-order valence-corrected chi connectivity index (χ1v) is 6.88. The van der Waals surface area contributed by atoms with Gasteiger partial charge in [0.1, 0.15) is 17.5 Å². The normalized spacial score (nSPS) is 12.6. The molecule has 19 heavy (non-hydrogen) atoms. The van der Waals surface area contributed by atoms with Gasteiger partial charge in [0.15, 0.2) is 0 Å². The maximum Gasteiger partial charge on any atom is 0.135 e. The van der Waals surface area contributed by atoms with Gasteiger partial charge in [0.25, 0.3) is 0 Å². The maximum atomic E-state index is 5.25. The average molecular weight is 266 g/mol. The molecule has 5 nitrogen and oxygen atoms in total. The molecule has 108 valence electrons. The van der Waals surface area contributed by atoms with Crippen LogP contribution < -0.4 is 10.6 Å². The van der Waals surface area contributed by atoms with Crippen LogP contribution in [0.1, 0.15) is 45.0 Å². The highest BCUT2D eigenvalue weighted by Gasteiger charge is 2.13. The molecule has 0 saturated heterocycles. The summed E-state index contributed by atoms with van der Waals surface area (Å²) in [6, 6.07) is 0. The summed E-state index contributed by atoms with van der Waals surface area (Å²) in [5.74, 6) is 2.96. The van der Waals surface area contributed by atoms with E-state index in [4.69, 9.17) is 4.74 Å². The zero-order valence-corrected chi connectivity index (χ0v) is 12.9. The van der Waals surface area contributed by atoms with Crippen LogP contribution in [0.5, 0.6) is 0 Å². The standard InChI is InChI=1S/C14H26N4O/c1-7-15-13-11(5)14(16-8-10(4)19-6)18-12(17-13)9(2)3/h9-10H,7-8H2,1-6H3,(H2,15,16,17,18). The Morgan fingerprint density at radius 3 is 2.16 bits per heavy atom. The molecule has 0 bridgehead atoms. The number of hydrogen-bond acceptors (Lipinski definition) is 5. The van der Waals surface area contributed by atoms with Crippen LogP contribution in [-0.4, -0.2) is 36.3 Å². The number of hydrogen-bond donors (Lipinski definition) is 2. The molecule has 0 aromatic carbocycles. The fourth-order valence-corrected chi connectivity index (χ4v) is 1.63. The van der Waals surface area contributed by atoms with E-state index in [9.17, 15) is 0 Å². The third-order valence-corrected chi connectivity index (χ3v) is 2.98. The van der Waals surface area contributed by atoms with E-state index in [1.54, 1.807) is 7.11 Å². The molecule has 2 N–H and O–H groups in total. The number of anilines is 2.